The van der Waals surface area contributed by atoms with E-state index >= 15 is 0 Å². The van der Waals surface area contributed by atoms with Gasteiger partial charge in [-0.2, -0.15) is 0 Å². The summed E-state index contributed by atoms with van der Waals surface area (Å²) in [5.41, 5.74) is 2.49. The van der Waals surface area contributed by atoms with Crippen molar-refractivity contribution in [2.24, 2.45) is 0 Å². The van der Waals surface area contributed by atoms with E-state index in [1.165, 1.54) is 0 Å². The zero-order valence-electron chi connectivity index (χ0n) is 8.66. The topological polar surface area (TPSA) is 51.6 Å². The maximum Gasteiger partial charge on any atom is 0.179 e. The number of nitrogens with zero attached hydrogens (tertiary/aromatic N) is 4. The molecule has 0 N–H and O–H groups in total. The summed E-state index contributed by atoms with van der Waals surface area (Å²) in [4.78, 5) is 18.4. The molecule has 0 bridgehead atoms. The lowest BCUT2D eigenvalue weighted by Gasteiger charge is -1.94. The molecule has 4 rings (SSSR count). The Bertz CT molecular complexity index is 847. The molecule has 0 saturated carbocycles. The van der Waals surface area contributed by atoms with E-state index in [4.69, 9.17) is 0 Å². The first-order chi connectivity index (χ1) is 8.42. The van der Waals surface area contributed by atoms with Gasteiger partial charge in [0, 0.05) is 24.0 Å². The van der Waals surface area contributed by atoms with Gasteiger partial charge in [0.05, 0.1) is 10.2 Å². The quantitative estimate of drug-likeness (QED) is 0.472. The Morgan fingerprint density at radius 2 is 1.94 bits per heavy atom. The van der Waals surface area contributed by atoms with E-state index in [1.54, 1.807) is 29.9 Å². The van der Waals surface area contributed by atoms with E-state index in [0.717, 1.165) is 25.9 Å². The minimum Gasteiger partial charge on any atom is -0.255 e. The van der Waals surface area contributed by atoms with Crippen LogP contribution in [0.15, 0.2) is 36.8 Å². The van der Waals surface area contributed by atoms with Crippen molar-refractivity contribution in [2.75, 3.05) is 0 Å². The largest absolute Gasteiger partial charge is 0.255 e. The molecule has 0 amide bonds. The molecule has 0 fully saturated rings. The van der Waals surface area contributed by atoms with Gasteiger partial charge in [0.15, 0.2) is 5.65 Å². The molecule has 0 spiro atoms. The van der Waals surface area contributed by atoms with Crippen LogP contribution in [0.1, 0.15) is 0 Å². The average Bonchev–Trinajstić information content (AvgIpc) is 2.73. The van der Waals surface area contributed by atoms with Crippen molar-refractivity contribution < 1.29 is 0 Å². The van der Waals surface area contributed by atoms with Gasteiger partial charge in [-0.3, -0.25) is 9.97 Å². The first kappa shape index (κ1) is 8.95. The lowest BCUT2D eigenvalue weighted by molar-refractivity contribution is 1.25. The summed E-state index contributed by atoms with van der Waals surface area (Å²) in [6.45, 7) is 0. The van der Waals surface area contributed by atoms with Gasteiger partial charge in [-0.05, 0) is 18.2 Å². The van der Waals surface area contributed by atoms with E-state index in [-0.39, 0.29) is 0 Å². The monoisotopic (exact) mass is 238 g/mol. The number of hydrogen-bond donors (Lipinski definition) is 0. The first-order valence-electron chi connectivity index (χ1n) is 5.17. The van der Waals surface area contributed by atoms with Gasteiger partial charge in [-0.1, -0.05) is 0 Å². The van der Waals surface area contributed by atoms with Crippen LogP contribution in [-0.2, 0) is 0 Å². The van der Waals surface area contributed by atoms with Crippen molar-refractivity contribution >= 4 is 42.9 Å². The molecule has 0 aliphatic heterocycles. The molecule has 4 nitrogen and oxygen atoms in total. The van der Waals surface area contributed by atoms with Crippen molar-refractivity contribution in [2.45, 2.75) is 0 Å². The van der Waals surface area contributed by atoms with E-state index in [1.807, 2.05) is 12.1 Å². The van der Waals surface area contributed by atoms with Crippen LogP contribution in [0.3, 0.4) is 0 Å². The van der Waals surface area contributed by atoms with E-state index in [9.17, 15) is 0 Å². The van der Waals surface area contributed by atoms with Crippen LogP contribution in [0, 0.1) is 0 Å². The minimum atomic E-state index is 0.687. The highest BCUT2D eigenvalue weighted by atomic mass is 32.1. The van der Waals surface area contributed by atoms with Gasteiger partial charge >= 0.3 is 0 Å². The molecule has 4 heterocycles. The van der Waals surface area contributed by atoms with Crippen LogP contribution in [0.4, 0.5) is 0 Å². The Kier molecular flexibility index (Phi) is 1.67. The van der Waals surface area contributed by atoms with Gasteiger partial charge in [-0.15, -0.1) is 11.3 Å². The maximum absolute atomic E-state index is 4.52. The summed E-state index contributed by atoms with van der Waals surface area (Å²) in [6, 6.07) is 6.00. The predicted molar refractivity (Wildman–Crippen MR) is 68.0 cm³/mol. The third kappa shape index (κ3) is 1.23. The maximum atomic E-state index is 4.52. The highest BCUT2D eigenvalue weighted by molar-refractivity contribution is 7.25. The number of rotatable bonds is 0. The van der Waals surface area contributed by atoms with Gasteiger partial charge < -0.3 is 0 Å². The van der Waals surface area contributed by atoms with Crippen LogP contribution >= 0.6 is 11.3 Å². The Morgan fingerprint density at radius 1 is 1.00 bits per heavy atom. The zero-order valence-corrected chi connectivity index (χ0v) is 9.48. The second kappa shape index (κ2) is 3.18. The fourth-order valence-corrected chi connectivity index (χ4v) is 2.92. The fraction of sp³-hybridized carbons (Fsp3) is 0. The Morgan fingerprint density at radius 3 is 2.94 bits per heavy atom. The number of hydrogen-bond acceptors (Lipinski definition) is 5. The van der Waals surface area contributed by atoms with Crippen molar-refractivity contribution in [3.05, 3.63) is 36.8 Å². The van der Waals surface area contributed by atoms with Gasteiger partial charge in [0.2, 0.25) is 0 Å². The highest BCUT2D eigenvalue weighted by Crippen LogP contribution is 2.31. The van der Waals surface area contributed by atoms with Crippen LogP contribution in [-0.4, -0.2) is 19.9 Å². The molecule has 0 saturated heterocycles. The van der Waals surface area contributed by atoms with E-state index in [2.05, 4.69) is 26.0 Å². The van der Waals surface area contributed by atoms with Crippen LogP contribution < -0.4 is 0 Å². The summed E-state index contributed by atoms with van der Waals surface area (Å²) in [6.07, 6.45) is 5.14. The molecule has 4 aromatic heterocycles. The number of thiophene rings is 1. The molecule has 80 valence electrons. The molecular weight excluding hydrogens is 232 g/mol. The summed E-state index contributed by atoms with van der Waals surface area (Å²) in [7, 11) is 0. The molecule has 0 atom stereocenters. The summed E-state index contributed by atoms with van der Waals surface area (Å²) in [5, 5.41) is 1.05. The zero-order chi connectivity index (χ0) is 11.2. The van der Waals surface area contributed by atoms with Crippen LogP contribution in [0.5, 0.6) is 0 Å². The molecule has 0 unspecified atom stereocenters. The Balaban J connectivity index is 2.28. The third-order valence-electron chi connectivity index (χ3n) is 2.66. The first-order valence-corrected chi connectivity index (χ1v) is 5.98. The standard InChI is InChI=1S/C12H6N4S/c1-2-9-10(14-3-1)7-6-8-11(15-5-4-13-8)16-12(7)17-9/h1-6H. The van der Waals surface area contributed by atoms with Gasteiger partial charge in [-0.25, -0.2) is 9.97 Å². The summed E-state index contributed by atoms with van der Waals surface area (Å²) in [5.74, 6) is 0. The molecule has 17 heavy (non-hydrogen) atoms. The number of aromatic nitrogens is 4. The van der Waals surface area contributed by atoms with Gasteiger partial charge in [0.1, 0.15) is 10.3 Å². The lowest BCUT2D eigenvalue weighted by atomic mass is 10.2. The molecule has 0 radical (unpaired) electrons. The van der Waals surface area contributed by atoms with Crippen molar-refractivity contribution in [1.29, 1.82) is 0 Å². The Hall–Kier alpha value is -2.14. The minimum absolute atomic E-state index is 0.687. The predicted octanol–water partition coefficient (Wildman–Crippen LogP) is 2.79. The molecular formula is C12H6N4S. The second-order valence-corrected chi connectivity index (χ2v) is 4.72. The molecule has 4 aromatic rings. The van der Waals surface area contributed by atoms with Crippen molar-refractivity contribution in [1.82, 2.24) is 19.9 Å². The second-order valence-electron chi connectivity index (χ2n) is 3.69. The Labute approximate surface area is 100.0 Å². The normalized spacial score (nSPS) is 11.5. The smallest absolute Gasteiger partial charge is 0.179 e. The fourth-order valence-electron chi connectivity index (χ4n) is 1.91. The van der Waals surface area contributed by atoms with Crippen LogP contribution in [0.2, 0.25) is 0 Å². The van der Waals surface area contributed by atoms with E-state index < -0.39 is 0 Å². The highest BCUT2D eigenvalue weighted by Gasteiger charge is 2.08. The van der Waals surface area contributed by atoms with Crippen molar-refractivity contribution in [3.8, 4) is 0 Å². The molecule has 0 aliphatic carbocycles. The average molecular weight is 238 g/mol. The van der Waals surface area contributed by atoms with Crippen molar-refractivity contribution in [3.63, 3.8) is 0 Å². The number of fused-ring (bicyclic) bond motifs is 4. The van der Waals surface area contributed by atoms with Crippen LogP contribution in [0.25, 0.3) is 31.6 Å². The van der Waals surface area contributed by atoms with Gasteiger partial charge in [0.25, 0.3) is 0 Å². The lowest BCUT2D eigenvalue weighted by Crippen LogP contribution is -1.85. The molecule has 0 aliphatic rings. The molecule has 5 heteroatoms. The summed E-state index contributed by atoms with van der Waals surface area (Å²) >= 11 is 1.64. The van der Waals surface area contributed by atoms with E-state index in [0.29, 0.717) is 5.65 Å². The molecule has 0 aromatic carbocycles. The number of pyridine rings is 2. The SMILES string of the molecule is c1cnc2c(c1)sc1nc3nccnc3cc12. The third-order valence-corrected chi connectivity index (χ3v) is 3.71. The summed E-state index contributed by atoms with van der Waals surface area (Å²) < 4.78 is 1.14.